The van der Waals surface area contributed by atoms with E-state index in [0.29, 0.717) is 23.5 Å². The summed E-state index contributed by atoms with van der Waals surface area (Å²) in [6.07, 6.45) is 0.564. The van der Waals surface area contributed by atoms with Gasteiger partial charge in [0.05, 0.1) is 13.7 Å². The third-order valence-corrected chi connectivity index (χ3v) is 4.52. The number of carbonyl (C=O) groups is 2. The first-order valence-corrected chi connectivity index (χ1v) is 8.49. The van der Waals surface area contributed by atoms with Crippen molar-refractivity contribution in [3.8, 4) is 11.5 Å². The maximum absolute atomic E-state index is 12.8. The summed E-state index contributed by atoms with van der Waals surface area (Å²) in [6.45, 7) is 18.5. The summed E-state index contributed by atoms with van der Waals surface area (Å²) in [7, 11) is 1.51. The molecule has 0 aliphatic heterocycles. The van der Waals surface area contributed by atoms with E-state index in [2.05, 4.69) is 18.7 Å². The number of carbonyl (C=O) groups excluding carboxylic acids is 2. The summed E-state index contributed by atoms with van der Waals surface area (Å²) in [4.78, 5) is 27.8. The number of ether oxygens (including phenoxy) is 2. The number of fused-ring (bicyclic) bond motifs is 1. The molecule has 0 bridgehead atoms. The van der Waals surface area contributed by atoms with Crippen LogP contribution in [0.2, 0.25) is 0 Å². The van der Waals surface area contributed by atoms with Gasteiger partial charge in [0.1, 0.15) is 0 Å². The molecule has 0 aromatic heterocycles. The molecule has 0 atom stereocenters. The molecule has 0 radical (unpaired) electrons. The zero-order valence-corrected chi connectivity index (χ0v) is 16.4. The average molecular weight is 355 g/mol. The number of methoxy groups -OCH3 is 1. The predicted octanol–water partition coefficient (Wildman–Crippen LogP) is 4.55. The zero-order chi connectivity index (χ0) is 19.9. The predicted molar refractivity (Wildman–Crippen MR) is 99.9 cm³/mol. The molecule has 138 valence electrons. The summed E-state index contributed by atoms with van der Waals surface area (Å²) in [5.41, 5.74) is 1.70. The molecule has 2 rings (SSSR count). The molecule has 0 unspecified atom stereocenters. The molecule has 0 fully saturated rings. The van der Waals surface area contributed by atoms with Crippen LogP contribution in [-0.2, 0) is 15.0 Å². The molecule has 0 spiro atoms. The Kier molecular flexibility index (Phi) is 5.01. The van der Waals surface area contributed by atoms with Gasteiger partial charge >= 0.3 is 5.97 Å². The minimum atomic E-state index is -0.648. The van der Waals surface area contributed by atoms with Gasteiger partial charge in [0, 0.05) is 12.3 Å². The summed E-state index contributed by atoms with van der Waals surface area (Å²) in [5, 5.41) is 0. The van der Waals surface area contributed by atoms with Crippen molar-refractivity contribution >= 4 is 17.3 Å². The summed E-state index contributed by atoms with van der Waals surface area (Å²) >= 11 is 0. The van der Waals surface area contributed by atoms with E-state index in [-0.39, 0.29) is 16.9 Å². The van der Waals surface area contributed by atoms with E-state index < -0.39 is 11.4 Å². The number of rotatable bonds is 3. The van der Waals surface area contributed by atoms with Gasteiger partial charge in [-0.15, -0.1) is 0 Å². The number of benzene rings is 1. The van der Waals surface area contributed by atoms with E-state index in [4.69, 9.17) is 16.0 Å². The van der Waals surface area contributed by atoms with Crippen LogP contribution in [0.5, 0.6) is 11.5 Å². The summed E-state index contributed by atoms with van der Waals surface area (Å²) in [5.74, 6) is 0.111. The molecular formula is C21H25NO4. The molecule has 1 aromatic carbocycles. The minimum absolute atomic E-state index is 0.156. The van der Waals surface area contributed by atoms with Crippen LogP contribution >= 0.6 is 0 Å². The van der Waals surface area contributed by atoms with Crippen molar-refractivity contribution in [2.75, 3.05) is 7.11 Å². The van der Waals surface area contributed by atoms with Crippen LogP contribution in [0.4, 0.5) is 0 Å². The first-order valence-electron chi connectivity index (χ1n) is 8.49. The molecule has 1 aliphatic carbocycles. The average Bonchev–Trinajstić information content (AvgIpc) is 2.76. The maximum Gasteiger partial charge on any atom is 0.308 e. The second-order valence-electron chi connectivity index (χ2n) is 8.22. The van der Waals surface area contributed by atoms with Crippen molar-refractivity contribution in [2.24, 2.45) is 5.41 Å². The van der Waals surface area contributed by atoms with E-state index in [1.807, 2.05) is 6.07 Å². The van der Waals surface area contributed by atoms with Crippen LogP contribution in [0, 0.1) is 12.0 Å². The number of ketones is 1. The Bertz CT molecular complexity index is 848. The molecule has 1 aromatic rings. The van der Waals surface area contributed by atoms with Crippen LogP contribution in [0.3, 0.4) is 0 Å². The van der Waals surface area contributed by atoms with E-state index in [1.165, 1.54) is 14.0 Å². The molecule has 5 heteroatoms. The van der Waals surface area contributed by atoms with E-state index >= 15 is 0 Å². The molecule has 26 heavy (non-hydrogen) atoms. The van der Waals surface area contributed by atoms with Crippen LogP contribution < -0.4 is 9.47 Å². The highest BCUT2D eigenvalue weighted by Gasteiger charge is 2.39. The number of nitrogens with zero attached hydrogens (tertiary/aromatic N) is 1. The second kappa shape index (κ2) is 6.60. The Labute approximate surface area is 154 Å². The molecule has 5 nitrogen and oxygen atoms in total. The lowest BCUT2D eigenvalue weighted by Crippen LogP contribution is -2.21. The van der Waals surface area contributed by atoms with Gasteiger partial charge in [-0.1, -0.05) is 34.6 Å². The van der Waals surface area contributed by atoms with Crippen molar-refractivity contribution in [2.45, 2.75) is 53.4 Å². The summed E-state index contributed by atoms with van der Waals surface area (Å²) < 4.78 is 10.6. The molecule has 0 saturated carbocycles. The lowest BCUT2D eigenvalue weighted by molar-refractivity contribution is -0.132. The quantitative estimate of drug-likeness (QED) is 0.345. The number of hydrogen-bond acceptors (Lipinski definition) is 4. The van der Waals surface area contributed by atoms with Gasteiger partial charge in [-0.2, -0.15) is 0 Å². The Morgan fingerprint density at radius 2 is 1.81 bits per heavy atom. The van der Waals surface area contributed by atoms with Crippen molar-refractivity contribution in [1.82, 2.24) is 0 Å². The molecule has 0 N–H and O–H groups in total. The fraction of sp³-hybridized carbons (Fsp3) is 0.476. The Morgan fingerprint density at radius 1 is 1.19 bits per heavy atom. The highest BCUT2D eigenvalue weighted by Crippen LogP contribution is 2.50. The molecule has 1 aliphatic rings. The second-order valence-corrected chi connectivity index (χ2v) is 8.22. The first-order chi connectivity index (χ1) is 11.9. The zero-order valence-electron chi connectivity index (χ0n) is 16.4. The van der Waals surface area contributed by atoms with E-state index in [0.717, 1.165) is 11.1 Å². The lowest BCUT2D eigenvalue weighted by Gasteiger charge is -2.20. The fourth-order valence-electron chi connectivity index (χ4n) is 3.22. The van der Waals surface area contributed by atoms with E-state index in [1.54, 1.807) is 26.8 Å². The van der Waals surface area contributed by atoms with E-state index in [9.17, 15) is 9.59 Å². The topological polar surface area (TPSA) is 57.0 Å². The minimum Gasteiger partial charge on any atom is -0.493 e. The number of allylic oxidation sites excluding steroid dienone is 2. The Hall–Kier alpha value is -2.61. The van der Waals surface area contributed by atoms with Crippen molar-refractivity contribution < 1.29 is 19.1 Å². The number of esters is 1. The normalized spacial score (nSPS) is 17.2. The molecule has 0 saturated heterocycles. The summed E-state index contributed by atoms with van der Waals surface area (Å²) in [6, 6.07) is 3.55. The monoisotopic (exact) mass is 355 g/mol. The highest BCUT2D eigenvalue weighted by atomic mass is 16.6. The molecule has 0 heterocycles. The van der Waals surface area contributed by atoms with Gasteiger partial charge in [-0.05, 0) is 40.7 Å². The number of Topliss-reactive ketones (excluding diaryl/α,β-unsaturated/α-hetero) is 1. The first kappa shape index (κ1) is 19.7. The lowest BCUT2D eigenvalue weighted by atomic mass is 9.85. The smallest absolute Gasteiger partial charge is 0.308 e. The van der Waals surface area contributed by atoms with Crippen LogP contribution in [-0.4, -0.2) is 18.9 Å². The number of hydrogen-bond donors (Lipinski definition) is 0. The third-order valence-electron chi connectivity index (χ3n) is 4.52. The Balaban J connectivity index is 2.78. The molecule has 0 amide bonds. The van der Waals surface area contributed by atoms with Gasteiger partial charge in [-0.3, -0.25) is 4.79 Å². The Morgan fingerprint density at radius 3 is 2.27 bits per heavy atom. The largest absolute Gasteiger partial charge is 0.493 e. The van der Waals surface area contributed by atoms with Crippen molar-refractivity contribution in [3.63, 3.8) is 0 Å². The van der Waals surface area contributed by atoms with Crippen LogP contribution in [0.15, 0.2) is 17.8 Å². The standard InChI is InChI=1S/C21H25NO4/c1-12(23)26-17-9-13-14(18(22-7)19(24)20(2,3)4)11-21(5,6)15(13)10-16(17)25-8/h9-10H,11H2,1-6,8H3/b18-14-. The van der Waals surface area contributed by atoms with Crippen LogP contribution in [0.25, 0.3) is 10.4 Å². The van der Waals surface area contributed by atoms with Gasteiger partial charge in [0.15, 0.2) is 17.3 Å². The van der Waals surface area contributed by atoms with Crippen molar-refractivity contribution in [1.29, 1.82) is 0 Å². The van der Waals surface area contributed by atoms with Crippen LogP contribution in [0.1, 0.15) is 59.1 Å². The van der Waals surface area contributed by atoms with Gasteiger partial charge in [0.2, 0.25) is 5.70 Å². The molecular weight excluding hydrogens is 330 g/mol. The fourth-order valence-corrected chi connectivity index (χ4v) is 3.22. The SMILES string of the molecule is [C-]#[N+]/C(C(=O)C(C)(C)C)=C1/CC(C)(C)c2cc(OC)c(OC(C)=O)cc21. The van der Waals surface area contributed by atoms with Gasteiger partial charge < -0.3 is 14.3 Å². The van der Waals surface area contributed by atoms with Crippen molar-refractivity contribution in [3.05, 3.63) is 40.4 Å². The third kappa shape index (κ3) is 3.50. The van der Waals surface area contributed by atoms with Gasteiger partial charge in [0.25, 0.3) is 0 Å². The highest BCUT2D eigenvalue weighted by molar-refractivity contribution is 6.08. The maximum atomic E-state index is 12.8. The van der Waals surface area contributed by atoms with Gasteiger partial charge in [-0.25, -0.2) is 4.85 Å².